The molecule has 1 aromatic rings. The first-order valence-electron chi connectivity index (χ1n) is 6.46. The summed E-state index contributed by atoms with van der Waals surface area (Å²) in [6.45, 7) is 6.54. The second-order valence-electron chi connectivity index (χ2n) is 5.66. The van der Waals surface area contributed by atoms with Gasteiger partial charge in [0.05, 0.1) is 18.1 Å². The van der Waals surface area contributed by atoms with E-state index in [1.165, 1.54) is 5.56 Å². The van der Waals surface area contributed by atoms with Crippen molar-refractivity contribution >= 4 is 6.29 Å². The van der Waals surface area contributed by atoms with E-state index in [4.69, 9.17) is 4.74 Å². The van der Waals surface area contributed by atoms with Crippen LogP contribution in [0.3, 0.4) is 0 Å². The molecule has 1 heterocycles. The first-order valence-corrected chi connectivity index (χ1v) is 6.46. The molecule has 0 N–H and O–H groups in total. The summed E-state index contributed by atoms with van der Waals surface area (Å²) in [5, 5.41) is 0. The van der Waals surface area contributed by atoms with Crippen LogP contribution in [0, 0.1) is 11.3 Å². The molecule has 2 heteroatoms. The van der Waals surface area contributed by atoms with Gasteiger partial charge in [-0.3, -0.25) is 0 Å². The van der Waals surface area contributed by atoms with E-state index in [2.05, 4.69) is 18.7 Å². The SMILES string of the molecule is C=C(C)C[C@H]1OC[C@@]2(C=O)[C@@H]1[C@@H]2c1ccccc1. The minimum absolute atomic E-state index is 0.165. The van der Waals surface area contributed by atoms with Crippen molar-refractivity contribution in [2.24, 2.45) is 11.3 Å². The zero-order valence-electron chi connectivity index (χ0n) is 10.6. The van der Waals surface area contributed by atoms with Gasteiger partial charge in [0.25, 0.3) is 0 Å². The molecule has 2 aliphatic rings. The maximum absolute atomic E-state index is 11.5. The van der Waals surface area contributed by atoms with Crippen molar-refractivity contribution in [2.45, 2.75) is 25.4 Å². The molecule has 1 saturated heterocycles. The summed E-state index contributed by atoms with van der Waals surface area (Å²) < 4.78 is 5.78. The van der Waals surface area contributed by atoms with Crippen LogP contribution in [0.2, 0.25) is 0 Å². The Bertz CT molecular complexity index is 479. The minimum Gasteiger partial charge on any atom is -0.376 e. The summed E-state index contributed by atoms with van der Waals surface area (Å²) in [6, 6.07) is 10.3. The van der Waals surface area contributed by atoms with Gasteiger partial charge in [0.15, 0.2) is 0 Å². The smallest absolute Gasteiger partial charge is 0.129 e. The third kappa shape index (κ3) is 1.56. The van der Waals surface area contributed by atoms with Crippen LogP contribution in [0.15, 0.2) is 42.5 Å². The van der Waals surface area contributed by atoms with Crippen LogP contribution in [-0.4, -0.2) is 19.0 Å². The third-order valence-electron chi connectivity index (χ3n) is 4.33. The minimum atomic E-state index is -0.262. The standard InChI is InChI=1S/C16H18O2/c1-11(2)8-13-15-14(12-6-4-3-5-7-12)16(15,9-17)10-18-13/h3-7,9,13-15H,1,8,10H2,2H3/t13-,14+,15+,16-/m1/s1. The molecule has 2 fully saturated rings. The molecule has 0 amide bonds. The molecule has 3 rings (SSSR count). The van der Waals surface area contributed by atoms with Crippen LogP contribution >= 0.6 is 0 Å². The van der Waals surface area contributed by atoms with Gasteiger partial charge in [-0.15, -0.1) is 6.58 Å². The number of carbonyl (C=O) groups is 1. The van der Waals surface area contributed by atoms with E-state index in [1.54, 1.807) is 0 Å². The van der Waals surface area contributed by atoms with Crippen LogP contribution in [0.4, 0.5) is 0 Å². The fourth-order valence-corrected chi connectivity index (χ4v) is 3.48. The predicted molar refractivity (Wildman–Crippen MR) is 70.3 cm³/mol. The lowest BCUT2D eigenvalue weighted by Gasteiger charge is -2.15. The predicted octanol–water partition coefficient (Wildman–Crippen LogP) is 2.95. The average molecular weight is 242 g/mol. The largest absolute Gasteiger partial charge is 0.376 e. The number of carbonyl (C=O) groups excluding carboxylic acids is 1. The highest BCUT2D eigenvalue weighted by atomic mass is 16.5. The number of benzene rings is 1. The molecule has 1 aliphatic heterocycles. The molecule has 0 unspecified atom stereocenters. The highest BCUT2D eigenvalue weighted by Gasteiger charge is 2.72. The second kappa shape index (κ2) is 4.06. The summed E-state index contributed by atoms with van der Waals surface area (Å²) in [5.41, 5.74) is 2.13. The lowest BCUT2D eigenvalue weighted by Crippen LogP contribution is -2.14. The van der Waals surface area contributed by atoms with Crippen LogP contribution in [0.5, 0.6) is 0 Å². The molecule has 0 aromatic heterocycles. The van der Waals surface area contributed by atoms with Gasteiger partial charge in [0, 0.05) is 11.8 Å². The number of ether oxygens (including phenoxy) is 1. The highest BCUT2D eigenvalue weighted by Crippen LogP contribution is 2.69. The Balaban J connectivity index is 1.86. The van der Waals surface area contributed by atoms with Crippen LogP contribution < -0.4 is 0 Å². The molecule has 4 atom stereocenters. The Morgan fingerprint density at radius 2 is 2.22 bits per heavy atom. The highest BCUT2D eigenvalue weighted by molar-refractivity contribution is 5.71. The Hall–Kier alpha value is -1.41. The summed E-state index contributed by atoms with van der Waals surface area (Å²) in [6.07, 6.45) is 2.15. The average Bonchev–Trinajstić information content (AvgIpc) is 2.92. The molecule has 18 heavy (non-hydrogen) atoms. The molecular weight excluding hydrogens is 224 g/mol. The first kappa shape index (κ1) is 11.7. The van der Waals surface area contributed by atoms with E-state index in [-0.39, 0.29) is 11.5 Å². The topological polar surface area (TPSA) is 26.3 Å². The Morgan fingerprint density at radius 3 is 2.83 bits per heavy atom. The van der Waals surface area contributed by atoms with Gasteiger partial charge < -0.3 is 9.53 Å². The normalized spacial score (nSPS) is 37.1. The van der Waals surface area contributed by atoms with Crippen molar-refractivity contribution in [3.63, 3.8) is 0 Å². The van der Waals surface area contributed by atoms with Crippen molar-refractivity contribution in [1.29, 1.82) is 0 Å². The molecule has 2 nitrogen and oxygen atoms in total. The Morgan fingerprint density at radius 1 is 1.50 bits per heavy atom. The van der Waals surface area contributed by atoms with Crippen molar-refractivity contribution < 1.29 is 9.53 Å². The summed E-state index contributed by atoms with van der Waals surface area (Å²) in [4.78, 5) is 11.5. The maximum Gasteiger partial charge on any atom is 0.129 e. The third-order valence-corrected chi connectivity index (χ3v) is 4.33. The van der Waals surface area contributed by atoms with Gasteiger partial charge in [-0.2, -0.15) is 0 Å². The van der Waals surface area contributed by atoms with Gasteiger partial charge in [-0.25, -0.2) is 0 Å². The van der Waals surface area contributed by atoms with Crippen LogP contribution in [-0.2, 0) is 9.53 Å². The van der Waals surface area contributed by atoms with E-state index in [0.717, 1.165) is 18.3 Å². The zero-order chi connectivity index (χ0) is 12.8. The van der Waals surface area contributed by atoms with Crippen LogP contribution in [0.25, 0.3) is 0 Å². The molecule has 0 spiro atoms. The van der Waals surface area contributed by atoms with Gasteiger partial charge in [-0.05, 0) is 18.9 Å². The van der Waals surface area contributed by atoms with Crippen LogP contribution in [0.1, 0.15) is 24.8 Å². The summed E-state index contributed by atoms with van der Waals surface area (Å²) in [5.74, 6) is 0.684. The number of aldehydes is 1. The summed E-state index contributed by atoms with van der Waals surface area (Å²) >= 11 is 0. The Kier molecular flexibility index (Phi) is 2.63. The monoisotopic (exact) mass is 242 g/mol. The van der Waals surface area contributed by atoms with E-state index < -0.39 is 0 Å². The second-order valence-corrected chi connectivity index (χ2v) is 5.66. The summed E-state index contributed by atoms with van der Waals surface area (Å²) in [7, 11) is 0. The van der Waals surface area contributed by atoms with Crippen molar-refractivity contribution in [3.8, 4) is 0 Å². The van der Waals surface area contributed by atoms with Crippen molar-refractivity contribution in [3.05, 3.63) is 48.0 Å². The zero-order valence-corrected chi connectivity index (χ0v) is 10.6. The number of hydrogen-bond donors (Lipinski definition) is 0. The maximum atomic E-state index is 11.5. The quantitative estimate of drug-likeness (QED) is 0.599. The molecule has 0 radical (unpaired) electrons. The molecule has 0 bridgehead atoms. The fraction of sp³-hybridized carbons (Fsp3) is 0.438. The molecule has 94 valence electrons. The van der Waals surface area contributed by atoms with E-state index >= 15 is 0 Å². The van der Waals surface area contributed by atoms with E-state index in [9.17, 15) is 4.79 Å². The van der Waals surface area contributed by atoms with Crippen molar-refractivity contribution in [1.82, 2.24) is 0 Å². The molecular formula is C16H18O2. The van der Waals surface area contributed by atoms with Gasteiger partial charge in [0.1, 0.15) is 6.29 Å². The van der Waals surface area contributed by atoms with E-state index in [1.807, 2.05) is 25.1 Å². The first-order chi connectivity index (χ1) is 8.69. The lowest BCUT2D eigenvalue weighted by molar-refractivity contribution is -0.113. The van der Waals surface area contributed by atoms with Gasteiger partial charge in [-0.1, -0.05) is 35.9 Å². The Labute approximate surface area is 108 Å². The van der Waals surface area contributed by atoms with Gasteiger partial charge in [0.2, 0.25) is 0 Å². The number of fused-ring (bicyclic) bond motifs is 1. The molecule has 1 saturated carbocycles. The lowest BCUT2D eigenvalue weighted by atomic mass is 10.0. The molecule has 1 aliphatic carbocycles. The van der Waals surface area contributed by atoms with Crippen molar-refractivity contribution in [2.75, 3.05) is 6.61 Å². The fourth-order valence-electron chi connectivity index (χ4n) is 3.48. The van der Waals surface area contributed by atoms with E-state index in [0.29, 0.717) is 18.4 Å². The number of rotatable bonds is 4. The molecule has 1 aromatic carbocycles. The van der Waals surface area contributed by atoms with Gasteiger partial charge >= 0.3 is 0 Å². The number of hydrogen-bond acceptors (Lipinski definition) is 2.